The second-order valence-electron chi connectivity index (χ2n) is 4.83. The molecule has 0 spiro atoms. The van der Waals surface area contributed by atoms with Crippen molar-refractivity contribution in [1.82, 2.24) is 10.2 Å². The van der Waals surface area contributed by atoms with Crippen molar-refractivity contribution in [2.24, 2.45) is 5.41 Å². The summed E-state index contributed by atoms with van der Waals surface area (Å²) >= 11 is 0.418. The number of alkyl halides is 3. The highest BCUT2D eigenvalue weighted by Crippen LogP contribution is 2.46. The van der Waals surface area contributed by atoms with Gasteiger partial charge in [0, 0.05) is 18.2 Å². The molecule has 19 heavy (non-hydrogen) atoms. The summed E-state index contributed by atoms with van der Waals surface area (Å²) in [5.41, 5.74) is -0.363. The number of nitrogens with zero attached hydrogens (tertiary/aromatic N) is 2. The van der Waals surface area contributed by atoms with Crippen LogP contribution in [-0.4, -0.2) is 37.2 Å². The standard InChI is InChI=1S/C9H12F3N3O2S2/c1-19(16,17)5-8(2-3-8)4-13-7-15-14-6(18-7)9(10,11)12/h2-5H2,1H3,(H,13,15). The quantitative estimate of drug-likeness (QED) is 0.897. The fourth-order valence-electron chi connectivity index (χ4n) is 1.78. The zero-order chi connectivity index (χ0) is 14.3. The Morgan fingerprint density at radius 1 is 1.37 bits per heavy atom. The van der Waals surface area contributed by atoms with Crippen molar-refractivity contribution in [3.05, 3.63) is 5.01 Å². The summed E-state index contributed by atoms with van der Waals surface area (Å²) in [7, 11) is -3.09. The van der Waals surface area contributed by atoms with Gasteiger partial charge in [0.15, 0.2) is 0 Å². The first-order chi connectivity index (χ1) is 8.60. The van der Waals surface area contributed by atoms with Gasteiger partial charge in [0.25, 0.3) is 0 Å². The molecule has 5 nitrogen and oxygen atoms in total. The molecule has 0 saturated heterocycles. The number of aromatic nitrogens is 2. The molecule has 2 rings (SSSR count). The maximum Gasteiger partial charge on any atom is 0.445 e. The molecule has 1 saturated carbocycles. The Balaban J connectivity index is 1.95. The highest BCUT2D eigenvalue weighted by Gasteiger charge is 2.45. The molecule has 10 heteroatoms. The molecule has 1 aliphatic carbocycles. The van der Waals surface area contributed by atoms with Gasteiger partial charge < -0.3 is 5.32 Å². The van der Waals surface area contributed by atoms with E-state index in [0.29, 0.717) is 17.9 Å². The largest absolute Gasteiger partial charge is 0.445 e. The molecule has 1 fully saturated rings. The first-order valence-corrected chi connectivity index (χ1v) is 8.30. The average molecular weight is 315 g/mol. The number of nitrogens with one attached hydrogen (secondary N) is 1. The SMILES string of the molecule is CS(=O)(=O)CC1(CNc2nnc(C(F)(F)F)s2)CC1. The Morgan fingerprint density at radius 3 is 2.42 bits per heavy atom. The number of halogens is 3. The van der Waals surface area contributed by atoms with E-state index >= 15 is 0 Å². The Labute approximate surface area is 112 Å². The summed E-state index contributed by atoms with van der Waals surface area (Å²) in [6.07, 6.45) is -1.85. The van der Waals surface area contributed by atoms with Gasteiger partial charge in [0.05, 0.1) is 5.75 Å². The molecule has 0 bridgehead atoms. The minimum atomic E-state index is -4.50. The van der Waals surface area contributed by atoms with Crippen molar-refractivity contribution in [3.8, 4) is 0 Å². The van der Waals surface area contributed by atoms with Gasteiger partial charge in [-0.2, -0.15) is 13.2 Å². The molecule has 1 N–H and O–H groups in total. The lowest BCUT2D eigenvalue weighted by molar-refractivity contribution is -0.138. The van der Waals surface area contributed by atoms with Gasteiger partial charge in [-0.25, -0.2) is 8.42 Å². The van der Waals surface area contributed by atoms with E-state index in [2.05, 4.69) is 15.5 Å². The third-order valence-corrected chi connectivity index (χ3v) is 4.87. The molecule has 1 aromatic heterocycles. The van der Waals surface area contributed by atoms with Gasteiger partial charge in [-0.15, -0.1) is 10.2 Å². The smallest absolute Gasteiger partial charge is 0.359 e. The number of sulfone groups is 1. The van der Waals surface area contributed by atoms with Crippen LogP contribution in [0, 0.1) is 5.41 Å². The lowest BCUT2D eigenvalue weighted by Gasteiger charge is -2.13. The molecule has 108 valence electrons. The predicted octanol–water partition coefficient (Wildman–Crippen LogP) is 1.79. The lowest BCUT2D eigenvalue weighted by atomic mass is 10.1. The van der Waals surface area contributed by atoms with Gasteiger partial charge >= 0.3 is 6.18 Å². The summed E-state index contributed by atoms with van der Waals surface area (Å²) in [5, 5.41) is 8.24. The molecular weight excluding hydrogens is 303 g/mol. The summed E-state index contributed by atoms with van der Waals surface area (Å²) in [6.45, 7) is 0.298. The minimum Gasteiger partial charge on any atom is -0.359 e. The summed E-state index contributed by atoms with van der Waals surface area (Å²) < 4.78 is 59.4. The lowest BCUT2D eigenvalue weighted by Crippen LogP contribution is -2.24. The average Bonchev–Trinajstić information content (AvgIpc) is 2.78. The van der Waals surface area contributed by atoms with Crippen molar-refractivity contribution in [1.29, 1.82) is 0 Å². The van der Waals surface area contributed by atoms with E-state index in [9.17, 15) is 21.6 Å². The first kappa shape index (κ1) is 14.5. The van der Waals surface area contributed by atoms with Crippen molar-refractivity contribution in [3.63, 3.8) is 0 Å². The summed E-state index contributed by atoms with van der Waals surface area (Å²) in [5.74, 6) is 0.0396. The van der Waals surface area contributed by atoms with Crippen LogP contribution in [0.1, 0.15) is 17.8 Å². The molecule has 1 aliphatic rings. The van der Waals surface area contributed by atoms with Crippen molar-refractivity contribution in [2.75, 3.05) is 23.9 Å². The van der Waals surface area contributed by atoms with E-state index < -0.39 is 21.0 Å². The summed E-state index contributed by atoms with van der Waals surface area (Å²) in [4.78, 5) is 0. The Hall–Kier alpha value is -0.900. The molecule has 0 radical (unpaired) electrons. The van der Waals surface area contributed by atoms with Crippen molar-refractivity contribution >= 4 is 26.3 Å². The molecule has 0 amide bonds. The summed E-state index contributed by atoms with van der Waals surface area (Å²) in [6, 6.07) is 0. The first-order valence-electron chi connectivity index (χ1n) is 5.42. The maximum absolute atomic E-state index is 12.3. The van der Waals surface area contributed by atoms with Crippen LogP contribution in [0.3, 0.4) is 0 Å². The van der Waals surface area contributed by atoms with E-state index in [-0.39, 0.29) is 16.3 Å². The molecule has 0 aromatic carbocycles. The fraction of sp³-hybridized carbons (Fsp3) is 0.778. The second kappa shape index (κ2) is 4.58. The normalized spacial score (nSPS) is 18.3. The molecule has 0 aliphatic heterocycles. The van der Waals surface area contributed by atoms with Gasteiger partial charge in [-0.1, -0.05) is 11.3 Å². The van der Waals surface area contributed by atoms with Crippen LogP contribution >= 0.6 is 11.3 Å². The number of hydrogen-bond donors (Lipinski definition) is 1. The Morgan fingerprint density at radius 2 is 2.00 bits per heavy atom. The number of rotatable bonds is 5. The van der Waals surface area contributed by atoms with E-state index in [1.165, 1.54) is 0 Å². The number of anilines is 1. The number of hydrogen-bond acceptors (Lipinski definition) is 6. The van der Waals surface area contributed by atoms with Crippen molar-refractivity contribution < 1.29 is 21.6 Å². The fourth-order valence-corrected chi connectivity index (χ4v) is 3.89. The third-order valence-electron chi connectivity index (χ3n) is 2.81. The molecule has 1 aromatic rings. The van der Waals surface area contributed by atoms with Crippen LogP contribution in [-0.2, 0) is 16.0 Å². The maximum atomic E-state index is 12.3. The molecule has 0 atom stereocenters. The highest BCUT2D eigenvalue weighted by molar-refractivity contribution is 7.90. The molecular formula is C9H12F3N3O2S2. The van der Waals surface area contributed by atoms with Crippen LogP contribution in [0.4, 0.5) is 18.3 Å². The van der Waals surface area contributed by atoms with Gasteiger partial charge in [-0.3, -0.25) is 0 Å². The van der Waals surface area contributed by atoms with Gasteiger partial charge in [-0.05, 0) is 12.8 Å². The van der Waals surface area contributed by atoms with Crippen LogP contribution < -0.4 is 5.32 Å². The van der Waals surface area contributed by atoms with Crippen LogP contribution in [0.2, 0.25) is 0 Å². The van der Waals surface area contributed by atoms with Crippen molar-refractivity contribution in [2.45, 2.75) is 19.0 Å². The Bertz CT molecular complexity index is 564. The highest BCUT2D eigenvalue weighted by atomic mass is 32.2. The molecule has 1 heterocycles. The second-order valence-corrected chi connectivity index (χ2v) is 7.95. The molecule has 0 unspecified atom stereocenters. The third kappa shape index (κ3) is 4.03. The van der Waals surface area contributed by atoms with Crippen LogP contribution in [0.15, 0.2) is 0 Å². The van der Waals surface area contributed by atoms with Crippen LogP contribution in [0.5, 0.6) is 0 Å². The van der Waals surface area contributed by atoms with Gasteiger partial charge in [0.2, 0.25) is 10.1 Å². The van der Waals surface area contributed by atoms with Gasteiger partial charge in [0.1, 0.15) is 9.84 Å². The van der Waals surface area contributed by atoms with E-state index in [1.54, 1.807) is 0 Å². The topological polar surface area (TPSA) is 72.0 Å². The monoisotopic (exact) mass is 315 g/mol. The minimum absolute atomic E-state index is 0.0396. The van der Waals surface area contributed by atoms with Crippen LogP contribution in [0.25, 0.3) is 0 Å². The zero-order valence-electron chi connectivity index (χ0n) is 9.99. The van der Waals surface area contributed by atoms with E-state index in [1.807, 2.05) is 0 Å². The predicted molar refractivity (Wildman–Crippen MR) is 64.8 cm³/mol. The van der Waals surface area contributed by atoms with E-state index in [4.69, 9.17) is 0 Å². The zero-order valence-corrected chi connectivity index (χ0v) is 11.6. The Kier molecular flexibility index (Phi) is 3.50. The van der Waals surface area contributed by atoms with E-state index in [0.717, 1.165) is 19.1 Å².